The van der Waals surface area contributed by atoms with Gasteiger partial charge in [0.2, 0.25) is 10.0 Å². The number of hydrogen-bond donors (Lipinski definition) is 0. The highest BCUT2D eigenvalue weighted by molar-refractivity contribution is 7.89. The fraction of sp³-hybridized carbons (Fsp3) is 0.571. The molecule has 2 aliphatic rings. The van der Waals surface area contributed by atoms with E-state index in [1.165, 1.54) is 6.07 Å². The Bertz CT molecular complexity index is 654. The third kappa shape index (κ3) is 3.20. The highest BCUT2D eigenvalue weighted by atomic mass is 35.5. The van der Waals surface area contributed by atoms with Gasteiger partial charge >= 0.3 is 0 Å². The summed E-state index contributed by atoms with van der Waals surface area (Å²) < 4.78 is 27.5. The summed E-state index contributed by atoms with van der Waals surface area (Å²) in [6, 6.07) is 3.17. The van der Waals surface area contributed by atoms with Crippen LogP contribution in [0.3, 0.4) is 0 Å². The minimum atomic E-state index is -3.59. The zero-order chi connectivity index (χ0) is 15.2. The molecular formula is C14H16Cl3NO2S. The van der Waals surface area contributed by atoms with Crippen molar-refractivity contribution in [3.8, 4) is 0 Å². The van der Waals surface area contributed by atoms with Crippen LogP contribution in [-0.2, 0) is 15.9 Å². The molecule has 0 N–H and O–H groups in total. The molecule has 1 aromatic carbocycles. The highest BCUT2D eigenvalue weighted by Crippen LogP contribution is 2.40. The maximum atomic E-state index is 12.9. The summed E-state index contributed by atoms with van der Waals surface area (Å²) in [6.07, 6.45) is 4.08. The van der Waals surface area contributed by atoms with Crippen molar-refractivity contribution in [2.45, 2.75) is 42.5 Å². The van der Waals surface area contributed by atoms with Crippen molar-refractivity contribution < 1.29 is 8.42 Å². The molecule has 3 rings (SSSR count). The molecule has 0 spiro atoms. The second-order valence-corrected chi connectivity index (χ2v) is 8.63. The van der Waals surface area contributed by atoms with E-state index < -0.39 is 10.0 Å². The third-order valence-corrected chi connectivity index (χ3v) is 7.09. The molecule has 0 bridgehead atoms. The molecule has 3 nitrogen and oxygen atoms in total. The average Bonchev–Trinajstić information content (AvgIpc) is 3.29. The molecule has 0 unspecified atom stereocenters. The number of nitrogens with zero attached hydrogens (tertiary/aromatic N) is 1. The molecular weight excluding hydrogens is 353 g/mol. The second-order valence-electron chi connectivity index (χ2n) is 5.72. The number of sulfonamides is 1. The lowest BCUT2D eigenvalue weighted by Crippen LogP contribution is -2.35. The first kappa shape index (κ1) is 15.9. The van der Waals surface area contributed by atoms with Crippen molar-refractivity contribution >= 4 is 44.8 Å². The Kier molecular flexibility index (Phi) is 4.46. The van der Waals surface area contributed by atoms with E-state index in [9.17, 15) is 8.42 Å². The molecule has 1 aromatic rings. The molecule has 2 aliphatic carbocycles. The molecule has 0 saturated heterocycles. The maximum absolute atomic E-state index is 12.9. The Morgan fingerprint density at radius 2 is 1.81 bits per heavy atom. The zero-order valence-corrected chi connectivity index (χ0v) is 14.4. The summed E-state index contributed by atoms with van der Waals surface area (Å²) in [7, 11) is -3.59. The van der Waals surface area contributed by atoms with Crippen LogP contribution in [0.5, 0.6) is 0 Å². The predicted molar refractivity (Wildman–Crippen MR) is 85.7 cm³/mol. The SMILES string of the molecule is O=S(=O)(c1ccc(Cl)c(CCl)c1Cl)N(CC1CC1)C1CC1. The molecule has 21 heavy (non-hydrogen) atoms. The van der Waals surface area contributed by atoms with E-state index in [2.05, 4.69) is 0 Å². The first-order valence-electron chi connectivity index (χ1n) is 7.00. The summed E-state index contributed by atoms with van der Waals surface area (Å²) in [5.41, 5.74) is 0.475. The average molecular weight is 369 g/mol. The van der Waals surface area contributed by atoms with Gasteiger partial charge in [-0.25, -0.2) is 8.42 Å². The van der Waals surface area contributed by atoms with Crippen molar-refractivity contribution in [1.82, 2.24) is 4.31 Å². The first-order chi connectivity index (χ1) is 9.95. The summed E-state index contributed by atoms with van der Waals surface area (Å²) >= 11 is 18.1. The molecule has 116 valence electrons. The van der Waals surface area contributed by atoms with Crippen LogP contribution in [-0.4, -0.2) is 25.3 Å². The predicted octanol–water partition coefficient (Wildman–Crippen LogP) is 4.30. The van der Waals surface area contributed by atoms with Crippen molar-refractivity contribution in [1.29, 1.82) is 0 Å². The second kappa shape index (κ2) is 5.89. The van der Waals surface area contributed by atoms with Crippen LogP contribution < -0.4 is 0 Å². The van der Waals surface area contributed by atoms with Crippen LogP contribution in [0.4, 0.5) is 0 Å². The largest absolute Gasteiger partial charge is 0.244 e. The first-order valence-corrected chi connectivity index (χ1v) is 9.73. The van der Waals surface area contributed by atoms with Crippen LogP contribution in [0, 0.1) is 5.92 Å². The number of alkyl halides is 1. The van der Waals surface area contributed by atoms with Gasteiger partial charge in [0.25, 0.3) is 0 Å². The van der Waals surface area contributed by atoms with E-state index in [1.807, 2.05) is 0 Å². The van der Waals surface area contributed by atoms with E-state index in [4.69, 9.17) is 34.8 Å². The van der Waals surface area contributed by atoms with Gasteiger partial charge in [0.15, 0.2) is 0 Å². The lowest BCUT2D eigenvalue weighted by molar-refractivity contribution is 0.389. The molecule has 0 heterocycles. The highest BCUT2D eigenvalue weighted by Gasteiger charge is 2.42. The molecule has 0 atom stereocenters. The minimum Gasteiger partial charge on any atom is -0.207 e. The quantitative estimate of drug-likeness (QED) is 0.702. The van der Waals surface area contributed by atoms with Crippen LogP contribution in [0.1, 0.15) is 31.2 Å². The fourth-order valence-electron chi connectivity index (χ4n) is 2.39. The Hall–Kier alpha value is -0.000000000000000132. The van der Waals surface area contributed by atoms with Crippen molar-refractivity contribution in [3.05, 3.63) is 27.7 Å². The van der Waals surface area contributed by atoms with Crippen molar-refractivity contribution in [2.75, 3.05) is 6.54 Å². The number of hydrogen-bond acceptors (Lipinski definition) is 2. The van der Waals surface area contributed by atoms with E-state index in [1.54, 1.807) is 10.4 Å². The Labute approximate surface area is 140 Å². The van der Waals surface area contributed by atoms with Crippen LogP contribution >= 0.6 is 34.8 Å². The Morgan fingerprint density at radius 1 is 1.14 bits per heavy atom. The van der Waals surface area contributed by atoms with E-state index in [0.29, 0.717) is 23.0 Å². The lowest BCUT2D eigenvalue weighted by atomic mass is 10.2. The smallest absolute Gasteiger partial charge is 0.207 e. The van der Waals surface area contributed by atoms with Gasteiger partial charge in [-0.05, 0) is 43.7 Å². The molecule has 2 saturated carbocycles. The van der Waals surface area contributed by atoms with E-state index in [0.717, 1.165) is 25.7 Å². The van der Waals surface area contributed by atoms with Gasteiger partial charge in [-0.1, -0.05) is 23.2 Å². The summed E-state index contributed by atoms with van der Waals surface area (Å²) in [4.78, 5) is 0.122. The molecule has 0 amide bonds. The Morgan fingerprint density at radius 3 is 2.33 bits per heavy atom. The summed E-state index contributed by atoms with van der Waals surface area (Å²) in [5, 5.41) is 0.549. The van der Waals surface area contributed by atoms with E-state index >= 15 is 0 Å². The fourth-order valence-corrected chi connectivity index (χ4v) is 5.45. The van der Waals surface area contributed by atoms with Gasteiger partial charge in [0.1, 0.15) is 4.90 Å². The van der Waals surface area contributed by atoms with Crippen LogP contribution in [0.15, 0.2) is 17.0 Å². The molecule has 0 radical (unpaired) electrons. The van der Waals surface area contributed by atoms with E-state index in [-0.39, 0.29) is 21.8 Å². The molecule has 0 aromatic heterocycles. The molecule has 2 fully saturated rings. The van der Waals surface area contributed by atoms with Gasteiger partial charge < -0.3 is 0 Å². The van der Waals surface area contributed by atoms with Crippen LogP contribution in [0.2, 0.25) is 10.0 Å². The number of benzene rings is 1. The minimum absolute atomic E-state index is 0.0904. The normalized spacial score (nSPS) is 19.2. The maximum Gasteiger partial charge on any atom is 0.244 e. The Balaban J connectivity index is 2.00. The van der Waals surface area contributed by atoms with Gasteiger partial charge in [-0.2, -0.15) is 4.31 Å². The van der Waals surface area contributed by atoms with Gasteiger partial charge in [-0.15, -0.1) is 11.6 Å². The lowest BCUT2D eigenvalue weighted by Gasteiger charge is -2.23. The topological polar surface area (TPSA) is 37.4 Å². The third-order valence-electron chi connectivity index (χ3n) is 3.96. The molecule has 0 aliphatic heterocycles. The molecule has 7 heteroatoms. The van der Waals surface area contributed by atoms with Gasteiger partial charge in [-0.3, -0.25) is 0 Å². The standard InChI is InChI=1S/C14H16Cl3NO2S/c15-7-11-12(16)5-6-13(14(11)17)21(19,20)18(10-3-4-10)8-9-1-2-9/h5-6,9-10H,1-4,7-8H2. The summed E-state index contributed by atoms with van der Waals surface area (Å²) in [5.74, 6) is 0.589. The summed E-state index contributed by atoms with van der Waals surface area (Å²) in [6.45, 7) is 0.599. The monoisotopic (exact) mass is 367 g/mol. The van der Waals surface area contributed by atoms with Crippen molar-refractivity contribution in [3.63, 3.8) is 0 Å². The van der Waals surface area contributed by atoms with Gasteiger partial charge in [0, 0.05) is 23.2 Å². The zero-order valence-electron chi connectivity index (χ0n) is 11.4. The van der Waals surface area contributed by atoms with Gasteiger partial charge in [0.05, 0.1) is 10.9 Å². The van der Waals surface area contributed by atoms with Crippen molar-refractivity contribution in [2.24, 2.45) is 5.92 Å². The van der Waals surface area contributed by atoms with Crippen LogP contribution in [0.25, 0.3) is 0 Å². The number of rotatable bonds is 6. The number of halogens is 3.